The van der Waals surface area contributed by atoms with E-state index in [2.05, 4.69) is 5.32 Å². The molecule has 0 unspecified atom stereocenters. The number of ether oxygens (including phenoxy) is 1. The van der Waals surface area contributed by atoms with Crippen LogP contribution in [0.1, 0.15) is 26.3 Å². The third kappa shape index (κ3) is 4.75. The van der Waals surface area contributed by atoms with Crippen LogP contribution in [-0.2, 0) is 16.0 Å². The maximum absolute atomic E-state index is 11.7. The van der Waals surface area contributed by atoms with Gasteiger partial charge in [0.05, 0.1) is 7.11 Å². The number of hydrogen-bond acceptors (Lipinski definition) is 4. The predicted molar refractivity (Wildman–Crippen MR) is 70.5 cm³/mol. The molecule has 0 radical (unpaired) electrons. The zero-order chi connectivity index (χ0) is 13.8. The molecule has 0 aliphatic rings. The van der Waals surface area contributed by atoms with Crippen molar-refractivity contribution in [3.8, 4) is 5.75 Å². The number of aromatic hydroxyl groups is 1. The number of rotatable bonds is 4. The lowest BCUT2D eigenvalue weighted by Crippen LogP contribution is -2.49. The van der Waals surface area contributed by atoms with Crippen molar-refractivity contribution in [1.29, 1.82) is 0 Å². The van der Waals surface area contributed by atoms with Crippen LogP contribution in [0.2, 0.25) is 0 Å². The first kappa shape index (κ1) is 14.5. The number of esters is 1. The van der Waals surface area contributed by atoms with Crippen LogP contribution in [0, 0.1) is 0 Å². The molecule has 0 bridgehead atoms. The van der Waals surface area contributed by atoms with E-state index in [1.54, 1.807) is 24.3 Å². The minimum Gasteiger partial charge on any atom is -0.508 e. The Balaban J connectivity index is 2.78. The number of phenols is 1. The summed E-state index contributed by atoms with van der Waals surface area (Å²) in [7, 11) is 1.39. The average molecular weight is 251 g/mol. The Hall–Kier alpha value is -1.55. The number of hydrogen-bond donors (Lipinski definition) is 2. The van der Waals surface area contributed by atoms with Crippen molar-refractivity contribution in [3.05, 3.63) is 29.8 Å². The average Bonchev–Trinajstić information content (AvgIpc) is 2.28. The maximum Gasteiger partial charge on any atom is 0.323 e. The molecule has 0 saturated heterocycles. The molecular formula is C14H21NO3. The van der Waals surface area contributed by atoms with E-state index in [-0.39, 0.29) is 23.3 Å². The number of nitrogens with one attached hydrogen (secondary N) is 1. The van der Waals surface area contributed by atoms with E-state index in [4.69, 9.17) is 4.74 Å². The van der Waals surface area contributed by atoms with Crippen LogP contribution >= 0.6 is 0 Å². The minimum atomic E-state index is -0.389. The lowest BCUT2D eigenvalue weighted by molar-refractivity contribution is -0.143. The van der Waals surface area contributed by atoms with Crippen LogP contribution in [0.15, 0.2) is 24.3 Å². The molecule has 2 N–H and O–H groups in total. The van der Waals surface area contributed by atoms with Crippen molar-refractivity contribution in [1.82, 2.24) is 5.32 Å². The Morgan fingerprint density at radius 3 is 2.33 bits per heavy atom. The zero-order valence-electron chi connectivity index (χ0n) is 11.4. The molecule has 0 heterocycles. The second-order valence-corrected chi connectivity index (χ2v) is 5.34. The predicted octanol–water partition coefficient (Wildman–Crippen LogP) is 1.86. The molecular weight excluding hydrogens is 230 g/mol. The first-order valence-corrected chi connectivity index (χ1v) is 5.95. The number of carbonyl (C=O) groups excluding carboxylic acids is 1. The molecule has 4 heteroatoms. The largest absolute Gasteiger partial charge is 0.508 e. The molecule has 4 nitrogen and oxygen atoms in total. The molecule has 1 atom stereocenters. The highest BCUT2D eigenvalue weighted by molar-refractivity contribution is 5.76. The summed E-state index contributed by atoms with van der Waals surface area (Å²) in [6.07, 6.45) is 0.532. The molecule has 0 aromatic heterocycles. The van der Waals surface area contributed by atoms with Crippen molar-refractivity contribution in [2.75, 3.05) is 7.11 Å². The van der Waals surface area contributed by atoms with Gasteiger partial charge in [0.1, 0.15) is 11.8 Å². The van der Waals surface area contributed by atoms with Gasteiger partial charge in [-0.25, -0.2) is 0 Å². The summed E-state index contributed by atoms with van der Waals surface area (Å²) < 4.78 is 4.80. The molecule has 0 amide bonds. The lowest BCUT2D eigenvalue weighted by atomic mass is 10.0. The summed E-state index contributed by atoms with van der Waals surface area (Å²) in [5.74, 6) is -0.0600. The number of benzene rings is 1. The SMILES string of the molecule is COC(=O)[C@@H](Cc1ccc(O)cc1)NC(C)(C)C. The molecule has 1 rings (SSSR count). The van der Waals surface area contributed by atoms with Crippen molar-refractivity contribution < 1.29 is 14.6 Å². The van der Waals surface area contributed by atoms with E-state index in [1.165, 1.54) is 7.11 Å². The van der Waals surface area contributed by atoms with E-state index < -0.39 is 0 Å². The Labute approximate surface area is 108 Å². The van der Waals surface area contributed by atoms with E-state index in [9.17, 15) is 9.90 Å². The highest BCUT2D eigenvalue weighted by atomic mass is 16.5. The summed E-state index contributed by atoms with van der Waals surface area (Å²) in [5.41, 5.74) is 0.801. The van der Waals surface area contributed by atoms with E-state index in [0.717, 1.165) is 5.56 Å². The van der Waals surface area contributed by atoms with Crippen LogP contribution in [-0.4, -0.2) is 29.8 Å². The summed E-state index contributed by atoms with van der Waals surface area (Å²) in [6.45, 7) is 6.00. The van der Waals surface area contributed by atoms with Gasteiger partial charge in [-0.1, -0.05) is 12.1 Å². The molecule has 18 heavy (non-hydrogen) atoms. The lowest BCUT2D eigenvalue weighted by Gasteiger charge is -2.27. The molecule has 1 aromatic rings. The number of phenolic OH excluding ortho intramolecular Hbond substituents is 1. The molecule has 0 spiro atoms. The van der Waals surface area contributed by atoms with Gasteiger partial charge in [0.2, 0.25) is 0 Å². The minimum absolute atomic E-state index is 0.171. The van der Waals surface area contributed by atoms with E-state index in [0.29, 0.717) is 6.42 Å². The van der Waals surface area contributed by atoms with Gasteiger partial charge in [-0.15, -0.1) is 0 Å². The molecule has 0 saturated carbocycles. The molecule has 0 fully saturated rings. The normalized spacial score (nSPS) is 13.1. The number of carbonyl (C=O) groups is 1. The van der Waals surface area contributed by atoms with E-state index in [1.807, 2.05) is 20.8 Å². The fraction of sp³-hybridized carbons (Fsp3) is 0.500. The third-order valence-corrected chi connectivity index (χ3v) is 2.47. The Morgan fingerprint density at radius 1 is 1.33 bits per heavy atom. The van der Waals surface area contributed by atoms with Crippen LogP contribution < -0.4 is 5.32 Å². The smallest absolute Gasteiger partial charge is 0.323 e. The molecule has 0 aliphatic heterocycles. The van der Waals surface area contributed by atoms with Crippen molar-refractivity contribution in [3.63, 3.8) is 0 Å². The van der Waals surface area contributed by atoms with Gasteiger partial charge in [-0.3, -0.25) is 10.1 Å². The highest BCUT2D eigenvalue weighted by Crippen LogP contribution is 2.13. The van der Waals surface area contributed by atoms with Crippen molar-refractivity contribution in [2.24, 2.45) is 0 Å². The fourth-order valence-corrected chi connectivity index (χ4v) is 1.73. The van der Waals surface area contributed by atoms with Gasteiger partial charge >= 0.3 is 5.97 Å². The zero-order valence-corrected chi connectivity index (χ0v) is 11.4. The van der Waals surface area contributed by atoms with Gasteiger partial charge in [0, 0.05) is 5.54 Å². The van der Waals surface area contributed by atoms with Gasteiger partial charge in [-0.05, 0) is 44.9 Å². The van der Waals surface area contributed by atoms with Gasteiger partial charge in [0.25, 0.3) is 0 Å². The molecule has 100 valence electrons. The summed E-state index contributed by atoms with van der Waals surface area (Å²) in [5, 5.41) is 12.5. The summed E-state index contributed by atoms with van der Waals surface area (Å²) in [4.78, 5) is 11.7. The van der Waals surface area contributed by atoms with E-state index >= 15 is 0 Å². The quantitative estimate of drug-likeness (QED) is 0.802. The molecule has 1 aromatic carbocycles. The molecule has 0 aliphatic carbocycles. The Bertz CT molecular complexity index is 392. The van der Waals surface area contributed by atoms with Gasteiger partial charge in [0.15, 0.2) is 0 Å². The van der Waals surface area contributed by atoms with Gasteiger partial charge < -0.3 is 9.84 Å². The summed E-state index contributed by atoms with van der Waals surface area (Å²) in [6, 6.07) is 6.44. The monoisotopic (exact) mass is 251 g/mol. The topological polar surface area (TPSA) is 58.6 Å². The van der Waals surface area contributed by atoms with Gasteiger partial charge in [-0.2, -0.15) is 0 Å². The van der Waals surface area contributed by atoms with Crippen LogP contribution in [0.3, 0.4) is 0 Å². The summed E-state index contributed by atoms with van der Waals surface area (Å²) >= 11 is 0. The highest BCUT2D eigenvalue weighted by Gasteiger charge is 2.24. The third-order valence-electron chi connectivity index (χ3n) is 2.47. The number of methoxy groups -OCH3 is 1. The van der Waals surface area contributed by atoms with Crippen molar-refractivity contribution in [2.45, 2.75) is 38.8 Å². The van der Waals surface area contributed by atoms with Crippen LogP contribution in [0.5, 0.6) is 5.75 Å². The maximum atomic E-state index is 11.7. The second kappa shape index (κ2) is 5.87. The van der Waals surface area contributed by atoms with Crippen LogP contribution in [0.25, 0.3) is 0 Å². The Morgan fingerprint density at radius 2 is 1.89 bits per heavy atom. The first-order valence-electron chi connectivity index (χ1n) is 5.95. The first-order chi connectivity index (χ1) is 8.31. The second-order valence-electron chi connectivity index (χ2n) is 5.34. The fourth-order valence-electron chi connectivity index (χ4n) is 1.73. The Kier molecular flexibility index (Phi) is 4.73. The van der Waals surface area contributed by atoms with Crippen LogP contribution in [0.4, 0.5) is 0 Å². The standard InChI is InChI=1S/C14H21NO3/c1-14(2,3)15-12(13(17)18-4)9-10-5-7-11(16)8-6-10/h5-8,12,15-16H,9H2,1-4H3/t12-/m1/s1. The van der Waals surface area contributed by atoms with Crippen molar-refractivity contribution >= 4 is 5.97 Å².